The Labute approximate surface area is 119 Å². The largest absolute Gasteiger partial charge is 0.391 e. The van der Waals surface area contributed by atoms with Crippen molar-refractivity contribution in [3.63, 3.8) is 0 Å². The fourth-order valence-corrected chi connectivity index (χ4v) is 4.73. The van der Waals surface area contributed by atoms with E-state index in [1.807, 2.05) is 0 Å². The molecule has 2 rings (SSSR count). The molecule has 112 valence electrons. The van der Waals surface area contributed by atoms with Gasteiger partial charge in [-0.1, -0.05) is 51.9 Å². The second kappa shape index (κ2) is 6.58. The van der Waals surface area contributed by atoms with Crippen LogP contribution in [0.3, 0.4) is 0 Å². The first-order valence-corrected chi connectivity index (χ1v) is 8.47. The number of likely N-dealkylation sites (N-methyl/N-ethyl adjacent to an activating group) is 1. The van der Waals surface area contributed by atoms with E-state index in [-0.39, 0.29) is 11.6 Å². The molecule has 0 bridgehead atoms. The van der Waals surface area contributed by atoms with Crippen molar-refractivity contribution in [2.75, 3.05) is 14.1 Å². The highest BCUT2D eigenvalue weighted by Gasteiger charge is 2.46. The van der Waals surface area contributed by atoms with Gasteiger partial charge in [-0.25, -0.2) is 0 Å². The predicted octanol–water partition coefficient (Wildman–Crippen LogP) is 3.83. The van der Waals surface area contributed by atoms with E-state index >= 15 is 0 Å². The molecule has 19 heavy (non-hydrogen) atoms. The van der Waals surface area contributed by atoms with Crippen LogP contribution < -0.4 is 0 Å². The molecular formula is C17H33NO. The SMILES string of the molecule is CCC1CCCCC1C(O)C1(N(C)C)CCCCC1. The predicted molar refractivity (Wildman–Crippen MR) is 81.2 cm³/mol. The standard InChI is InChI=1S/C17H33NO/c1-4-14-10-6-7-11-15(14)16(19)17(18(2)3)12-8-5-9-13-17/h14-16,19H,4-13H2,1-3H3. The minimum absolute atomic E-state index is 0.0632. The van der Waals surface area contributed by atoms with E-state index in [4.69, 9.17) is 0 Å². The Bertz CT molecular complexity index is 270. The van der Waals surface area contributed by atoms with Gasteiger partial charge in [0.15, 0.2) is 0 Å². The highest BCUT2D eigenvalue weighted by molar-refractivity contribution is 5.01. The third-order valence-corrected chi connectivity index (χ3v) is 6.06. The van der Waals surface area contributed by atoms with Crippen molar-refractivity contribution in [3.8, 4) is 0 Å². The molecule has 0 aliphatic heterocycles. The van der Waals surface area contributed by atoms with E-state index in [1.165, 1.54) is 64.2 Å². The van der Waals surface area contributed by atoms with Crippen molar-refractivity contribution in [2.24, 2.45) is 11.8 Å². The van der Waals surface area contributed by atoms with Crippen LogP contribution in [0.5, 0.6) is 0 Å². The zero-order valence-corrected chi connectivity index (χ0v) is 13.2. The maximum absolute atomic E-state index is 11.2. The summed E-state index contributed by atoms with van der Waals surface area (Å²) in [6, 6.07) is 0. The number of aliphatic hydroxyl groups is 1. The molecule has 2 fully saturated rings. The lowest BCUT2D eigenvalue weighted by atomic mass is 9.65. The van der Waals surface area contributed by atoms with Gasteiger partial charge in [0.05, 0.1) is 6.10 Å². The Morgan fingerprint density at radius 1 is 1.05 bits per heavy atom. The molecule has 0 heterocycles. The molecule has 0 radical (unpaired) electrons. The van der Waals surface area contributed by atoms with Crippen LogP contribution in [-0.2, 0) is 0 Å². The quantitative estimate of drug-likeness (QED) is 0.837. The van der Waals surface area contributed by atoms with E-state index in [1.54, 1.807) is 0 Å². The van der Waals surface area contributed by atoms with Crippen LogP contribution in [0.2, 0.25) is 0 Å². The van der Waals surface area contributed by atoms with E-state index < -0.39 is 0 Å². The van der Waals surface area contributed by atoms with Crippen molar-refractivity contribution in [1.29, 1.82) is 0 Å². The zero-order valence-electron chi connectivity index (χ0n) is 13.2. The summed E-state index contributed by atoms with van der Waals surface area (Å²) in [5.74, 6) is 1.29. The Balaban J connectivity index is 2.15. The second-order valence-corrected chi connectivity index (χ2v) is 7.12. The van der Waals surface area contributed by atoms with Crippen LogP contribution in [0.15, 0.2) is 0 Å². The topological polar surface area (TPSA) is 23.5 Å². The molecule has 0 aromatic rings. The molecule has 2 saturated carbocycles. The maximum atomic E-state index is 11.2. The van der Waals surface area contributed by atoms with Crippen molar-refractivity contribution >= 4 is 0 Å². The van der Waals surface area contributed by atoms with Crippen LogP contribution in [-0.4, -0.2) is 35.7 Å². The zero-order chi connectivity index (χ0) is 13.9. The molecule has 2 nitrogen and oxygen atoms in total. The molecule has 0 amide bonds. The van der Waals surface area contributed by atoms with E-state index in [9.17, 15) is 5.11 Å². The van der Waals surface area contributed by atoms with E-state index in [2.05, 4.69) is 25.9 Å². The summed E-state index contributed by atoms with van der Waals surface area (Å²) in [6.07, 6.45) is 12.7. The van der Waals surface area contributed by atoms with E-state index in [0.29, 0.717) is 5.92 Å². The van der Waals surface area contributed by atoms with Gasteiger partial charge in [0.25, 0.3) is 0 Å². The number of hydrogen-bond acceptors (Lipinski definition) is 2. The highest BCUT2D eigenvalue weighted by atomic mass is 16.3. The molecule has 0 aromatic heterocycles. The van der Waals surface area contributed by atoms with Crippen molar-refractivity contribution in [2.45, 2.75) is 82.8 Å². The first kappa shape index (κ1) is 15.3. The summed E-state index contributed by atoms with van der Waals surface area (Å²) in [5, 5.41) is 11.2. The third-order valence-electron chi connectivity index (χ3n) is 6.06. The molecule has 0 aromatic carbocycles. The van der Waals surface area contributed by atoms with Crippen molar-refractivity contribution < 1.29 is 5.11 Å². The monoisotopic (exact) mass is 267 g/mol. The lowest BCUT2D eigenvalue weighted by Gasteiger charge is -2.51. The van der Waals surface area contributed by atoms with E-state index in [0.717, 1.165) is 5.92 Å². The molecule has 1 N–H and O–H groups in total. The van der Waals surface area contributed by atoms with Gasteiger partial charge >= 0.3 is 0 Å². The van der Waals surface area contributed by atoms with Gasteiger partial charge in [-0.05, 0) is 45.2 Å². The fourth-order valence-electron chi connectivity index (χ4n) is 4.73. The van der Waals surface area contributed by atoms with Crippen LogP contribution in [0, 0.1) is 11.8 Å². The summed E-state index contributed by atoms with van der Waals surface area (Å²) < 4.78 is 0. The highest BCUT2D eigenvalue weighted by Crippen LogP contribution is 2.44. The average molecular weight is 267 g/mol. The summed E-state index contributed by atoms with van der Waals surface area (Å²) in [5.41, 5.74) is 0.0632. The Morgan fingerprint density at radius 2 is 1.68 bits per heavy atom. The molecule has 3 unspecified atom stereocenters. The number of aliphatic hydroxyl groups excluding tert-OH is 1. The van der Waals surface area contributed by atoms with Gasteiger partial charge in [0.2, 0.25) is 0 Å². The average Bonchev–Trinajstić information content (AvgIpc) is 2.47. The smallest absolute Gasteiger partial charge is 0.0754 e. The summed E-state index contributed by atoms with van der Waals surface area (Å²) in [6.45, 7) is 2.30. The molecule has 3 atom stereocenters. The Morgan fingerprint density at radius 3 is 2.26 bits per heavy atom. The number of hydrogen-bond donors (Lipinski definition) is 1. The first-order valence-electron chi connectivity index (χ1n) is 8.47. The summed E-state index contributed by atoms with van der Waals surface area (Å²) in [4.78, 5) is 2.35. The molecule has 0 spiro atoms. The van der Waals surface area contributed by atoms with Gasteiger partial charge in [-0.15, -0.1) is 0 Å². The normalized spacial score (nSPS) is 33.3. The molecule has 2 aliphatic carbocycles. The molecule has 0 saturated heterocycles. The first-order chi connectivity index (χ1) is 9.12. The second-order valence-electron chi connectivity index (χ2n) is 7.12. The summed E-state index contributed by atoms with van der Waals surface area (Å²) in [7, 11) is 4.36. The van der Waals surface area contributed by atoms with Gasteiger partial charge in [-0.3, -0.25) is 0 Å². The lowest BCUT2D eigenvalue weighted by Crippen LogP contribution is -2.58. The van der Waals surface area contributed by atoms with Gasteiger partial charge in [-0.2, -0.15) is 0 Å². The Hall–Kier alpha value is -0.0800. The molecule has 2 heteroatoms. The molecule has 2 aliphatic rings. The molecular weight excluding hydrogens is 234 g/mol. The van der Waals surface area contributed by atoms with Gasteiger partial charge in [0, 0.05) is 5.54 Å². The van der Waals surface area contributed by atoms with Crippen LogP contribution >= 0.6 is 0 Å². The Kier molecular flexibility index (Phi) is 5.30. The fraction of sp³-hybridized carbons (Fsp3) is 1.00. The maximum Gasteiger partial charge on any atom is 0.0754 e. The third kappa shape index (κ3) is 3.00. The van der Waals surface area contributed by atoms with Gasteiger partial charge < -0.3 is 10.0 Å². The lowest BCUT2D eigenvalue weighted by molar-refractivity contribution is -0.0840. The minimum atomic E-state index is -0.118. The number of nitrogens with zero attached hydrogens (tertiary/aromatic N) is 1. The van der Waals surface area contributed by atoms with Crippen molar-refractivity contribution in [3.05, 3.63) is 0 Å². The van der Waals surface area contributed by atoms with Crippen molar-refractivity contribution in [1.82, 2.24) is 4.90 Å². The summed E-state index contributed by atoms with van der Waals surface area (Å²) >= 11 is 0. The van der Waals surface area contributed by atoms with Crippen LogP contribution in [0.1, 0.15) is 71.1 Å². The minimum Gasteiger partial charge on any atom is -0.391 e. The van der Waals surface area contributed by atoms with Crippen LogP contribution in [0.25, 0.3) is 0 Å². The van der Waals surface area contributed by atoms with Gasteiger partial charge in [0.1, 0.15) is 0 Å². The van der Waals surface area contributed by atoms with Crippen LogP contribution in [0.4, 0.5) is 0 Å². The number of rotatable bonds is 4.